The molecule has 0 aliphatic carbocycles. The van der Waals surface area contributed by atoms with Crippen molar-refractivity contribution < 1.29 is 14.3 Å². The van der Waals surface area contributed by atoms with Crippen molar-refractivity contribution in [2.45, 2.75) is 45.1 Å². The first-order valence-electron chi connectivity index (χ1n) is 7.32. The largest absolute Gasteiger partial charge is 0.381 e. The number of rotatable bonds is 3. The highest BCUT2D eigenvalue weighted by Crippen LogP contribution is 2.20. The second-order valence-corrected chi connectivity index (χ2v) is 5.54. The van der Waals surface area contributed by atoms with Crippen LogP contribution >= 0.6 is 0 Å². The molecule has 2 amide bonds. The van der Waals surface area contributed by atoms with Crippen LogP contribution in [0.2, 0.25) is 0 Å². The average Bonchev–Trinajstić information content (AvgIpc) is 2.46. The molecule has 0 bridgehead atoms. The number of Topliss-reactive ketones (excluding diaryl/α,β-unsaturated/α-hetero) is 1. The number of urea groups is 1. The summed E-state index contributed by atoms with van der Waals surface area (Å²) >= 11 is 0. The summed E-state index contributed by atoms with van der Waals surface area (Å²) in [6.45, 7) is 4.56. The van der Waals surface area contributed by atoms with Crippen molar-refractivity contribution in [3.8, 4) is 0 Å². The summed E-state index contributed by atoms with van der Waals surface area (Å²) in [6, 6.07) is -0.426. The highest BCUT2D eigenvalue weighted by Gasteiger charge is 2.30. The molecule has 0 spiro atoms. The van der Waals surface area contributed by atoms with Crippen molar-refractivity contribution in [3.05, 3.63) is 0 Å². The molecule has 0 aromatic carbocycles. The summed E-state index contributed by atoms with van der Waals surface area (Å²) in [6.07, 6.45) is 5.03. The molecule has 0 saturated carbocycles. The third-order valence-electron chi connectivity index (χ3n) is 4.10. The van der Waals surface area contributed by atoms with Crippen LogP contribution in [0.4, 0.5) is 4.79 Å². The highest BCUT2D eigenvalue weighted by atomic mass is 16.5. The lowest BCUT2D eigenvalue weighted by Crippen LogP contribution is -2.52. The number of hydrogen-bond donors (Lipinski definition) is 1. The van der Waals surface area contributed by atoms with Gasteiger partial charge in [-0.2, -0.15) is 0 Å². The van der Waals surface area contributed by atoms with E-state index in [9.17, 15) is 9.59 Å². The van der Waals surface area contributed by atoms with E-state index < -0.39 is 0 Å². The lowest BCUT2D eigenvalue weighted by molar-refractivity contribution is -0.120. The third kappa shape index (κ3) is 3.93. The Morgan fingerprint density at radius 1 is 1.16 bits per heavy atom. The Kier molecular flexibility index (Phi) is 5.19. The minimum atomic E-state index is -0.349. The summed E-state index contributed by atoms with van der Waals surface area (Å²) in [5.41, 5.74) is 0. The summed E-state index contributed by atoms with van der Waals surface area (Å²) in [7, 11) is 0. The summed E-state index contributed by atoms with van der Waals surface area (Å²) in [4.78, 5) is 25.8. The number of ether oxygens (including phenoxy) is 1. The summed E-state index contributed by atoms with van der Waals surface area (Å²) < 4.78 is 5.32. The molecule has 0 unspecified atom stereocenters. The van der Waals surface area contributed by atoms with E-state index in [1.54, 1.807) is 6.92 Å². The molecule has 2 rings (SSSR count). The van der Waals surface area contributed by atoms with Crippen LogP contribution in [0.15, 0.2) is 0 Å². The zero-order valence-corrected chi connectivity index (χ0v) is 11.7. The second-order valence-electron chi connectivity index (χ2n) is 5.54. The normalized spacial score (nSPS) is 22.9. The lowest BCUT2D eigenvalue weighted by Gasteiger charge is -2.33. The van der Waals surface area contributed by atoms with Gasteiger partial charge in [-0.1, -0.05) is 0 Å². The number of piperidine rings is 1. The first kappa shape index (κ1) is 14.3. The maximum atomic E-state index is 12.2. The summed E-state index contributed by atoms with van der Waals surface area (Å²) in [5, 5.41) is 2.94. The first-order chi connectivity index (χ1) is 9.18. The van der Waals surface area contributed by atoms with Crippen LogP contribution < -0.4 is 5.32 Å². The van der Waals surface area contributed by atoms with Crippen LogP contribution in [0.3, 0.4) is 0 Å². The molecule has 5 nitrogen and oxygen atoms in total. The molecular formula is C14H24N2O3. The lowest BCUT2D eigenvalue weighted by atomic mass is 9.89. The Labute approximate surface area is 114 Å². The molecule has 19 heavy (non-hydrogen) atoms. The van der Waals surface area contributed by atoms with E-state index in [-0.39, 0.29) is 23.8 Å². The average molecular weight is 268 g/mol. The Morgan fingerprint density at radius 2 is 1.79 bits per heavy atom. The van der Waals surface area contributed by atoms with Gasteiger partial charge in [0.05, 0.1) is 6.04 Å². The van der Waals surface area contributed by atoms with Crippen molar-refractivity contribution in [1.82, 2.24) is 10.2 Å². The topological polar surface area (TPSA) is 58.6 Å². The quantitative estimate of drug-likeness (QED) is 0.845. The molecular weight excluding hydrogens is 244 g/mol. The molecule has 2 heterocycles. The number of nitrogens with one attached hydrogen (secondary N) is 1. The SMILES string of the molecule is CC(=O)[C@@H](NC(=O)N1CCCCC1)C1CCOCC1. The smallest absolute Gasteiger partial charge is 0.317 e. The fourth-order valence-electron chi connectivity index (χ4n) is 2.92. The standard InChI is InChI=1S/C14H24N2O3/c1-11(17)13(12-5-9-19-10-6-12)15-14(18)16-7-3-2-4-8-16/h12-13H,2-10H2,1H3,(H,15,18)/t13-/m1/s1. The van der Waals surface area contributed by atoms with E-state index in [4.69, 9.17) is 4.74 Å². The molecule has 2 saturated heterocycles. The number of nitrogens with zero attached hydrogens (tertiary/aromatic N) is 1. The number of hydrogen-bond acceptors (Lipinski definition) is 3. The predicted molar refractivity (Wildman–Crippen MR) is 72.0 cm³/mol. The van der Waals surface area contributed by atoms with E-state index in [1.807, 2.05) is 4.90 Å². The zero-order chi connectivity index (χ0) is 13.7. The van der Waals surface area contributed by atoms with Gasteiger partial charge in [0.1, 0.15) is 0 Å². The fraction of sp³-hybridized carbons (Fsp3) is 0.857. The van der Waals surface area contributed by atoms with Crippen LogP contribution in [0.25, 0.3) is 0 Å². The van der Waals surface area contributed by atoms with Crippen LogP contribution in [0, 0.1) is 5.92 Å². The molecule has 0 radical (unpaired) electrons. The zero-order valence-electron chi connectivity index (χ0n) is 11.7. The van der Waals surface area contributed by atoms with Gasteiger partial charge in [-0.25, -0.2) is 4.79 Å². The van der Waals surface area contributed by atoms with Crippen molar-refractivity contribution in [1.29, 1.82) is 0 Å². The maximum Gasteiger partial charge on any atom is 0.317 e. The molecule has 0 aromatic heterocycles. The van der Waals surface area contributed by atoms with Gasteiger partial charge in [-0.3, -0.25) is 4.79 Å². The van der Waals surface area contributed by atoms with E-state index in [0.29, 0.717) is 13.2 Å². The van der Waals surface area contributed by atoms with E-state index in [0.717, 1.165) is 38.8 Å². The Balaban J connectivity index is 1.91. The number of ketones is 1. The van der Waals surface area contributed by atoms with Crippen molar-refractivity contribution in [2.24, 2.45) is 5.92 Å². The molecule has 2 fully saturated rings. The van der Waals surface area contributed by atoms with Crippen LogP contribution in [0.5, 0.6) is 0 Å². The molecule has 1 atom stereocenters. The number of carbonyl (C=O) groups excluding carboxylic acids is 2. The second kappa shape index (κ2) is 6.89. The van der Waals surface area contributed by atoms with Crippen molar-refractivity contribution in [3.63, 3.8) is 0 Å². The van der Waals surface area contributed by atoms with Crippen LogP contribution in [-0.2, 0) is 9.53 Å². The Bertz CT molecular complexity index is 321. The number of carbonyl (C=O) groups is 2. The van der Waals surface area contributed by atoms with Gasteiger partial charge in [0.25, 0.3) is 0 Å². The van der Waals surface area contributed by atoms with Gasteiger partial charge in [-0.15, -0.1) is 0 Å². The minimum Gasteiger partial charge on any atom is -0.381 e. The highest BCUT2D eigenvalue weighted by molar-refractivity contribution is 5.87. The van der Waals surface area contributed by atoms with Crippen LogP contribution in [0.1, 0.15) is 39.0 Å². The van der Waals surface area contributed by atoms with Crippen LogP contribution in [-0.4, -0.2) is 49.1 Å². The molecule has 0 aromatic rings. The number of likely N-dealkylation sites (tertiary alicyclic amines) is 1. The van der Waals surface area contributed by atoms with E-state index >= 15 is 0 Å². The van der Waals surface area contributed by atoms with Gasteiger partial charge in [0, 0.05) is 26.3 Å². The molecule has 1 N–H and O–H groups in total. The van der Waals surface area contributed by atoms with Gasteiger partial charge in [0.2, 0.25) is 0 Å². The Hall–Kier alpha value is -1.10. The van der Waals surface area contributed by atoms with Crippen molar-refractivity contribution in [2.75, 3.05) is 26.3 Å². The fourth-order valence-corrected chi connectivity index (χ4v) is 2.92. The maximum absolute atomic E-state index is 12.2. The molecule has 2 aliphatic rings. The molecule has 5 heteroatoms. The Morgan fingerprint density at radius 3 is 2.37 bits per heavy atom. The molecule has 2 aliphatic heterocycles. The van der Waals surface area contributed by atoms with Gasteiger partial charge in [-0.05, 0) is 44.9 Å². The summed E-state index contributed by atoms with van der Waals surface area (Å²) in [5.74, 6) is 0.275. The predicted octanol–water partition coefficient (Wildman–Crippen LogP) is 1.57. The first-order valence-corrected chi connectivity index (χ1v) is 7.32. The minimum absolute atomic E-state index is 0.0530. The monoisotopic (exact) mass is 268 g/mol. The molecule has 108 valence electrons. The van der Waals surface area contributed by atoms with Crippen molar-refractivity contribution >= 4 is 11.8 Å². The van der Waals surface area contributed by atoms with E-state index in [1.165, 1.54) is 6.42 Å². The number of amides is 2. The van der Waals surface area contributed by atoms with E-state index in [2.05, 4.69) is 5.32 Å². The third-order valence-corrected chi connectivity index (χ3v) is 4.10. The van der Waals surface area contributed by atoms with Gasteiger partial charge in [0.15, 0.2) is 5.78 Å². The van der Waals surface area contributed by atoms with Gasteiger partial charge >= 0.3 is 6.03 Å². The van der Waals surface area contributed by atoms with Gasteiger partial charge < -0.3 is 15.0 Å².